The second-order valence-corrected chi connectivity index (χ2v) is 18.0. The van der Waals surface area contributed by atoms with Crippen LogP contribution in [0.15, 0.2) is 36.5 Å². The molecular weight excluding hydrogens is 767 g/mol. The van der Waals surface area contributed by atoms with E-state index < -0.39 is 49.5 Å². The van der Waals surface area contributed by atoms with E-state index in [4.69, 9.17) is 9.47 Å². The minimum absolute atomic E-state index is 0.188. The topological polar surface area (TPSA) is 149 Å². The monoisotopic (exact) mass is 864 g/mol. The first-order chi connectivity index (χ1) is 29.8. The van der Waals surface area contributed by atoms with Crippen LogP contribution in [0.2, 0.25) is 0 Å². The smallest absolute Gasteiger partial charge is 0.220 e. The van der Waals surface area contributed by atoms with Crippen molar-refractivity contribution >= 4 is 5.91 Å². The van der Waals surface area contributed by atoms with Gasteiger partial charge < -0.3 is 40.3 Å². The Labute approximate surface area is 374 Å². The van der Waals surface area contributed by atoms with Crippen LogP contribution in [0.1, 0.15) is 232 Å². The van der Waals surface area contributed by atoms with Crippen molar-refractivity contribution in [2.75, 3.05) is 13.2 Å². The highest BCUT2D eigenvalue weighted by atomic mass is 16.7. The van der Waals surface area contributed by atoms with Gasteiger partial charge in [-0.1, -0.05) is 217 Å². The van der Waals surface area contributed by atoms with Crippen LogP contribution in [-0.4, -0.2) is 87.5 Å². The lowest BCUT2D eigenvalue weighted by Crippen LogP contribution is -2.60. The molecule has 1 fully saturated rings. The maximum Gasteiger partial charge on any atom is 0.220 e. The van der Waals surface area contributed by atoms with E-state index in [2.05, 4.69) is 43.5 Å². The van der Waals surface area contributed by atoms with Crippen molar-refractivity contribution in [2.24, 2.45) is 0 Å². The summed E-state index contributed by atoms with van der Waals surface area (Å²) in [6.07, 6.45) is 46.2. The van der Waals surface area contributed by atoms with Gasteiger partial charge in [0, 0.05) is 6.42 Å². The van der Waals surface area contributed by atoms with Crippen molar-refractivity contribution in [1.82, 2.24) is 5.32 Å². The minimum Gasteiger partial charge on any atom is -0.394 e. The van der Waals surface area contributed by atoms with Gasteiger partial charge in [-0.25, -0.2) is 0 Å². The number of aliphatic hydroxyl groups is 5. The molecule has 6 N–H and O–H groups in total. The summed E-state index contributed by atoms with van der Waals surface area (Å²) in [6, 6.07) is -0.825. The zero-order valence-electron chi connectivity index (χ0n) is 39.4. The molecule has 1 aliphatic rings. The summed E-state index contributed by atoms with van der Waals surface area (Å²) < 4.78 is 11.2. The van der Waals surface area contributed by atoms with Gasteiger partial charge in [-0.2, -0.15) is 0 Å². The fourth-order valence-electron chi connectivity index (χ4n) is 8.07. The third-order valence-electron chi connectivity index (χ3n) is 12.2. The molecule has 1 aliphatic heterocycles. The van der Waals surface area contributed by atoms with Gasteiger partial charge in [0.05, 0.1) is 25.4 Å². The summed E-state index contributed by atoms with van der Waals surface area (Å²) in [5, 5.41) is 54.3. The summed E-state index contributed by atoms with van der Waals surface area (Å²) >= 11 is 0. The molecule has 1 heterocycles. The molecule has 9 nitrogen and oxygen atoms in total. The lowest BCUT2D eigenvalue weighted by Gasteiger charge is -2.40. The Bertz CT molecular complexity index is 1050. The van der Waals surface area contributed by atoms with Crippen LogP contribution in [0.3, 0.4) is 0 Å². The largest absolute Gasteiger partial charge is 0.394 e. The lowest BCUT2D eigenvalue weighted by atomic mass is 9.99. The maximum absolute atomic E-state index is 13.0. The Hall–Kier alpha value is -1.59. The Morgan fingerprint density at radius 2 is 0.934 bits per heavy atom. The predicted octanol–water partition coefficient (Wildman–Crippen LogP) is 11.6. The van der Waals surface area contributed by atoms with Crippen LogP contribution in [0.5, 0.6) is 0 Å². The van der Waals surface area contributed by atoms with Crippen LogP contribution in [0.4, 0.5) is 0 Å². The average molecular weight is 864 g/mol. The van der Waals surface area contributed by atoms with E-state index in [0.717, 1.165) is 44.9 Å². The molecule has 61 heavy (non-hydrogen) atoms. The summed E-state index contributed by atoms with van der Waals surface area (Å²) in [6.45, 7) is 3.77. The highest BCUT2D eigenvalue weighted by molar-refractivity contribution is 5.76. The second-order valence-electron chi connectivity index (χ2n) is 18.0. The number of carbonyl (C=O) groups is 1. The molecule has 0 radical (unpaired) electrons. The Morgan fingerprint density at radius 1 is 0.541 bits per heavy atom. The average Bonchev–Trinajstić information content (AvgIpc) is 3.26. The molecule has 0 spiro atoms. The zero-order valence-corrected chi connectivity index (χ0v) is 39.4. The van der Waals surface area contributed by atoms with Gasteiger partial charge in [0.15, 0.2) is 6.29 Å². The van der Waals surface area contributed by atoms with Crippen molar-refractivity contribution in [3.8, 4) is 0 Å². The Morgan fingerprint density at radius 3 is 1.38 bits per heavy atom. The van der Waals surface area contributed by atoms with E-state index >= 15 is 0 Å². The Kier molecular flexibility index (Phi) is 39.9. The molecule has 7 unspecified atom stereocenters. The standard InChI is InChI=1S/C52H97NO8/c1-3-5-7-9-11-13-15-17-19-21-23-24-25-27-29-31-33-35-37-39-41-46(55)45(44-60-52-51(59)50(58)49(57)47(43-54)61-52)53-48(56)42-40-38-36-34-32-30-28-26-22-20-18-16-14-12-10-8-6-4-2/h24-25,31,33,39,41,45-47,49-52,54-55,57-59H,3-23,26-30,32,34-38,40,42-44H2,1-2H3,(H,53,56)/b25-24+,33-31+,41-39+. The molecule has 0 aromatic heterocycles. The van der Waals surface area contributed by atoms with E-state index in [-0.39, 0.29) is 12.5 Å². The van der Waals surface area contributed by atoms with Gasteiger partial charge in [-0.05, 0) is 44.9 Å². The molecule has 7 atom stereocenters. The number of amides is 1. The van der Waals surface area contributed by atoms with Gasteiger partial charge in [-0.3, -0.25) is 4.79 Å². The number of carbonyl (C=O) groups excluding carboxylic acids is 1. The molecule has 0 aliphatic carbocycles. The molecule has 0 aromatic rings. The summed E-state index contributed by atoms with van der Waals surface area (Å²) in [5.41, 5.74) is 0. The van der Waals surface area contributed by atoms with Crippen molar-refractivity contribution in [3.63, 3.8) is 0 Å². The Balaban J connectivity index is 2.33. The van der Waals surface area contributed by atoms with Crippen molar-refractivity contribution in [3.05, 3.63) is 36.5 Å². The molecular formula is C52H97NO8. The number of nitrogens with one attached hydrogen (secondary N) is 1. The number of rotatable bonds is 43. The van der Waals surface area contributed by atoms with Gasteiger partial charge in [0.2, 0.25) is 5.91 Å². The minimum atomic E-state index is -1.57. The van der Waals surface area contributed by atoms with Gasteiger partial charge >= 0.3 is 0 Å². The number of allylic oxidation sites excluding steroid dienone is 5. The highest BCUT2D eigenvalue weighted by Crippen LogP contribution is 2.23. The number of unbranched alkanes of at least 4 members (excludes halogenated alkanes) is 29. The number of aliphatic hydroxyl groups excluding tert-OH is 5. The van der Waals surface area contributed by atoms with Crippen LogP contribution in [0.25, 0.3) is 0 Å². The number of hydrogen-bond donors (Lipinski definition) is 6. The van der Waals surface area contributed by atoms with Gasteiger partial charge in [0.1, 0.15) is 24.4 Å². The lowest BCUT2D eigenvalue weighted by molar-refractivity contribution is -0.302. The molecule has 1 saturated heterocycles. The first-order valence-electron chi connectivity index (χ1n) is 25.7. The highest BCUT2D eigenvalue weighted by Gasteiger charge is 2.44. The van der Waals surface area contributed by atoms with Crippen LogP contribution in [-0.2, 0) is 14.3 Å². The van der Waals surface area contributed by atoms with Gasteiger partial charge in [0.25, 0.3) is 0 Å². The SMILES string of the molecule is CCCCCCCCCCCC/C=C/CC/C=C/CC/C=C/C(O)C(COC1OC(CO)C(O)C(O)C1O)NC(=O)CCCCCCCCCCCCCCCCCCCC. The van der Waals surface area contributed by atoms with Crippen molar-refractivity contribution < 1.29 is 39.8 Å². The van der Waals surface area contributed by atoms with Crippen molar-refractivity contribution in [1.29, 1.82) is 0 Å². The molecule has 1 amide bonds. The molecule has 9 heteroatoms. The van der Waals surface area contributed by atoms with E-state index in [1.807, 2.05) is 6.08 Å². The van der Waals surface area contributed by atoms with Crippen LogP contribution < -0.4 is 5.32 Å². The quantitative estimate of drug-likeness (QED) is 0.0262. The van der Waals surface area contributed by atoms with Crippen molar-refractivity contribution in [2.45, 2.75) is 275 Å². The molecule has 1 rings (SSSR count). The van der Waals surface area contributed by atoms with Crippen LogP contribution in [0, 0.1) is 0 Å². The second kappa shape index (κ2) is 42.4. The van der Waals surface area contributed by atoms with E-state index in [1.165, 1.54) is 167 Å². The van der Waals surface area contributed by atoms with E-state index in [9.17, 15) is 30.3 Å². The fourth-order valence-corrected chi connectivity index (χ4v) is 8.07. The first kappa shape index (κ1) is 57.4. The number of hydrogen-bond acceptors (Lipinski definition) is 8. The molecule has 0 saturated carbocycles. The summed E-state index contributed by atoms with van der Waals surface area (Å²) in [4.78, 5) is 13.0. The molecule has 0 aromatic carbocycles. The third-order valence-corrected chi connectivity index (χ3v) is 12.2. The predicted molar refractivity (Wildman–Crippen MR) is 253 cm³/mol. The van der Waals surface area contributed by atoms with E-state index in [0.29, 0.717) is 6.42 Å². The summed E-state index contributed by atoms with van der Waals surface area (Å²) in [5.74, 6) is -0.188. The third kappa shape index (κ3) is 32.7. The van der Waals surface area contributed by atoms with E-state index in [1.54, 1.807) is 6.08 Å². The van der Waals surface area contributed by atoms with Gasteiger partial charge in [-0.15, -0.1) is 0 Å². The van der Waals surface area contributed by atoms with Crippen LogP contribution >= 0.6 is 0 Å². The molecule has 358 valence electrons. The first-order valence-corrected chi connectivity index (χ1v) is 25.7. The molecule has 0 bridgehead atoms. The normalized spacial score (nSPS) is 20.7. The number of ether oxygens (including phenoxy) is 2. The maximum atomic E-state index is 13.0. The zero-order chi connectivity index (χ0) is 44.4. The fraction of sp³-hybridized carbons (Fsp3) is 0.865. The summed E-state index contributed by atoms with van der Waals surface area (Å²) in [7, 11) is 0.